The molecule has 0 saturated heterocycles. The number of fused-ring (bicyclic) bond motifs is 3. The number of hydrogen-bond donors (Lipinski definition) is 1. The molecule has 2 aromatic rings. The van der Waals surface area contributed by atoms with Crippen LogP contribution >= 0.6 is 0 Å². The smallest absolute Gasteiger partial charge is 0.123 e. The summed E-state index contributed by atoms with van der Waals surface area (Å²) in [5, 5.41) is 0.975. The van der Waals surface area contributed by atoms with Crippen molar-refractivity contribution in [1.29, 1.82) is 0 Å². The van der Waals surface area contributed by atoms with Gasteiger partial charge in [-0.25, -0.2) is 4.39 Å². The molecular formula is C13H12FNO. The fourth-order valence-corrected chi connectivity index (χ4v) is 2.67. The Labute approximate surface area is 92.5 Å². The summed E-state index contributed by atoms with van der Waals surface area (Å²) >= 11 is 0. The van der Waals surface area contributed by atoms with Crippen LogP contribution in [0.1, 0.15) is 30.0 Å². The summed E-state index contributed by atoms with van der Waals surface area (Å²) in [7, 11) is 0. The minimum atomic E-state index is -0.201. The van der Waals surface area contributed by atoms with E-state index in [1.807, 2.05) is 0 Å². The molecule has 1 unspecified atom stereocenters. The Morgan fingerprint density at radius 3 is 3.19 bits per heavy atom. The van der Waals surface area contributed by atoms with E-state index in [0.717, 1.165) is 35.7 Å². The molecule has 0 bridgehead atoms. The van der Waals surface area contributed by atoms with Crippen LogP contribution in [0.15, 0.2) is 18.2 Å². The van der Waals surface area contributed by atoms with Gasteiger partial charge in [0.15, 0.2) is 0 Å². The van der Waals surface area contributed by atoms with Gasteiger partial charge in [-0.1, -0.05) is 0 Å². The van der Waals surface area contributed by atoms with Gasteiger partial charge in [0.1, 0.15) is 12.1 Å². The number of nitrogens with one attached hydrogen (secondary N) is 1. The minimum absolute atomic E-state index is 0.201. The molecule has 0 amide bonds. The lowest BCUT2D eigenvalue weighted by Gasteiger charge is -2.03. The van der Waals surface area contributed by atoms with Crippen molar-refractivity contribution >= 4 is 17.2 Å². The maximum Gasteiger partial charge on any atom is 0.123 e. The van der Waals surface area contributed by atoms with E-state index in [0.29, 0.717) is 12.3 Å². The number of rotatable bonds is 2. The number of carbonyl (C=O) groups is 1. The Hall–Kier alpha value is -1.64. The van der Waals surface area contributed by atoms with E-state index in [1.54, 1.807) is 12.1 Å². The van der Waals surface area contributed by atoms with Gasteiger partial charge in [-0.2, -0.15) is 0 Å². The van der Waals surface area contributed by atoms with Crippen LogP contribution in [0.4, 0.5) is 4.39 Å². The van der Waals surface area contributed by atoms with Crippen molar-refractivity contribution in [3.8, 4) is 0 Å². The zero-order valence-electron chi connectivity index (χ0n) is 8.79. The number of aldehydes is 1. The number of hydrogen-bond acceptors (Lipinski definition) is 1. The average molecular weight is 217 g/mol. The fourth-order valence-electron chi connectivity index (χ4n) is 2.67. The molecular weight excluding hydrogens is 205 g/mol. The zero-order valence-corrected chi connectivity index (χ0v) is 8.79. The van der Waals surface area contributed by atoms with E-state index < -0.39 is 0 Å². The van der Waals surface area contributed by atoms with Gasteiger partial charge in [-0.15, -0.1) is 0 Å². The topological polar surface area (TPSA) is 32.9 Å². The lowest BCUT2D eigenvalue weighted by Crippen LogP contribution is -1.94. The largest absolute Gasteiger partial charge is 0.358 e. The molecule has 1 aromatic carbocycles. The van der Waals surface area contributed by atoms with Crippen molar-refractivity contribution < 1.29 is 9.18 Å². The Bertz CT molecular complexity index is 558. The highest BCUT2D eigenvalue weighted by Gasteiger charge is 2.26. The van der Waals surface area contributed by atoms with Crippen LogP contribution in [0.2, 0.25) is 0 Å². The van der Waals surface area contributed by atoms with Crippen LogP contribution < -0.4 is 0 Å². The van der Waals surface area contributed by atoms with E-state index in [9.17, 15) is 9.18 Å². The first-order valence-electron chi connectivity index (χ1n) is 5.53. The molecule has 1 aliphatic rings. The van der Waals surface area contributed by atoms with Crippen molar-refractivity contribution in [3.63, 3.8) is 0 Å². The molecule has 0 fully saturated rings. The number of halogens is 1. The van der Waals surface area contributed by atoms with Crippen LogP contribution in [0.5, 0.6) is 0 Å². The van der Waals surface area contributed by atoms with Crippen molar-refractivity contribution in [2.24, 2.45) is 0 Å². The van der Waals surface area contributed by atoms with Crippen LogP contribution in [0.3, 0.4) is 0 Å². The Morgan fingerprint density at radius 2 is 2.38 bits per heavy atom. The van der Waals surface area contributed by atoms with Crippen LogP contribution in [-0.2, 0) is 11.2 Å². The first-order chi connectivity index (χ1) is 7.79. The number of H-pyrrole nitrogens is 1. The predicted molar refractivity (Wildman–Crippen MR) is 60.0 cm³/mol. The van der Waals surface area contributed by atoms with E-state index in [2.05, 4.69) is 4.98 Å². The number of benzene rings is 1. The van der Waals surface area contributed by atoms with Crippen molar-refractivity contribution in [3.05, 3.63) is 35.3 Å². The number of aryl methyl sites for hydroxylation is 1. The van der Waals surface area contributed by atoms with E-state index in [-0.39, 0.29) is 5.82 Å². The third kappa shape index (κ3) is 1.28. The lowest BCUT2D eigenvalue weighted by atomic mass is 10.0. The lowest BCUT2D eigenvalue weighted by molar-refractivity contribution is -0.108. The third-order valence-corrected chi connectivity index (χ3v) is 3.43. The number of aromatic nitrogens is 1. The van der Waals surface area contributed by atoms with Crippen molar-refractivity contribution in [1.82, 2.24) is 4.98 Å². The maximum absolute atomic E-state index is 13.2. The van der Waals surface area contributed by atoms with Gasteiger partial charge in [0.25, 0.3) is 0 Å². The zero-order chi connectivity index (χ0) is 11.1. The van der Waals surface area contributed by atoms with Gasteiger partial charge in [0, 0.05) is 28.9 Å². The monoisotopic (exact) mass is 217 g/mol. The first-order valence-corrected chi connectivity index (χ1v) is 5.53. The number of carbonyl (C=O) groups excluding carboxylic acids is 1. The van der Waals surface area contributed by atoms with E-state index >= 15 is 0 Å². The molecule has 1 N–H and O–H groups in total. The third-order valence-electron chi connectivity index (χ3n) is 3.43. The molecule has 2 nitrogen and oxygen atoms in total. The normalized spacial score (nSPS) is 18.9. The molecule has 16 heavy (non-hydrogen) atoms. The molecule has 0 saturated carbocycles. The first kappa shape index (κ1) is 9.58. The Morgan fingerprint density at radius 1 is 1.50 bits per heavy atom. The van der Waals surface area contributed by atoms with Gasteiger partial charge in [-0.3, -0.25) is 0 Å². The molecule has 3 rings (SSSR count). The van der Waals surface area contributed by atoms with E-state index in [4.69, 9.17) is 0 Å². The predicted octanol–water partition coefficient (Wildman–Crippen LogP) is 2.93. The highest BCUT2D eigenvalue weighted by molar-refractivity contribution is 5.85. The fraction of sp³-hybridized carbons (Fsp3) is 0.308. The maximum atomic E-state index is 13.2. The summed E-state index contributed by atoms with van der Waals surface area (Å²) in [6.45, 7) is 0. The van der Waals surface area contributed by atoms with Gasteiger partial charge in [0.05, 0.1) is 0 Å². The minimum Gasteiger partial charge on any atom is -0.358 e. The summed E-state index contributed by atoms with van der Waals surface area (Å²) < 4.78 is 13.2. The molecule has 82 valence electrons. The molecule has 1 aliphatic carbocycles. The van der Waals surface area contributed by atoms with E-state index in [1.165, 1.54) is 11.6 Å². The highest BCUT2D eigenvalue weighted by atomic mass is 19.1. The standard InChI is InChI=1S/C13H12FNO/c14-9-2-4-12-11(7-9)10-3-1-8(5-6-16)13(10)15-12/h2,4,6-8,15H,1,3,5H2. The van der Waals surface area contributed by atoms with Gasteiger partial charge < -0.3 is 9.78 Å². The second-order valence-corrected chi connectivity index (χ2v) is 4.35. The molecule has 0 aliphatic heterocycles. The molecule has 3 heteroatoms. The second kappa shape index (κ2) is 3.44. The highest BCUT2D eigenvalue weighted by Crippen LogP contribution is 2.38. The van der Waals surface area contributed by atoms with Crippen molar-refractivity contribution in [2.75, 3.05) is 0 Å². The molecule has 1 heterocycles. The summed E-state index contributed by atoms with van der Waals surface area (Å²) in [5.74, 6) is 0.0936. The Balaban J connectivity index is 2.17. The summed E-state index contributed by atoms with van der Waals surface area (Å²) in [4.78, 5) is 13.9. The summed E-state index contributed by atoms with van der Waals surface area (Å²) in [5.41, 5.74) is 3.30. The quantitative estimate of drug-likeness (QED) is 0.771. The van der Waals surface area contributed by atoms with Crippen LogP contribution in [0, 0.1) is 5.82 Å². The Kier molecular flexibility index (Phi) is 2.06. The van der Waals surface area contributed by atoms with Crippen molar-refractivity contribution in [2.45, 2.75) is 25.2 Å². The molecule has 1 atom stereocenters. The number of aromatic amines is 1. The summed E-state index contributed by atoms with van der Waals surface area (Å²) in [6, 6.07) is 4.80. The SMILES string of the molecule is O=CCC1CCc2c1[nH]c1ccc(F)cc21. The average Bonchev–Trinajstić information content (AvgIpc) is 2.80. The van der Waals surface area contributed by atoms with Gasteiger partial charge in [-0.05, 0) is 36.6 Å². The van der Waals surface area contributed by atoms with Crippen LogP contribution in [0.25, 0.3) is 10.9 Å². The van der Waals surface area contributed by atoms with Gasteiger partial charge in [0.2, 0.25) is 0 Å². The molecule has 0 radical (unpaired) electrons. The molecule has 1 aromatic heterocycles. The summed E-state index contributed by atoms with van der Waals surface area (Å²) in [6.07, 6.45) is 3.46. The van der Waals surface area contributed by atoms with Gasteiger partial charge >= 0.3 is 0 Å². The van der Waals surface area contributed by atoms with Crippen LogP contribution in [-0.4, -0.2) is 11.3 Å². The second-order valence-electron chi connectivity index (χ2n) is 4.35. The molecule has 0 spiro atoms.